The van der Waals surface area contributed by atoms with Gasteiger partial charge >= 0.3 is 0 Å². The molecule has 152 valence electrons. The van der Waals surface area contributed by atoms with E-state index in [9.17, 15) is 4.79 Å². The zero-order chi connectivity index (χ0) is 21.1. The molecular weight excluding hydrogens is 432 g/mol. The summed E-state index contributed by atoms with van der Waals surface area (Å²) in [5, 5.41) is 2.06. The van der Waals surface area contributed by atoms with Crippen LogP contribution in [0.25, 0.3) is 10.2 Å². The molecule has 0 unspecified atom stereocenters. The van der Waals surface area contributed by atoms with Crippen molar-refractivity contribution in [1.82, 2.24) is 9.55 Å². The molecule has 0 saturated carbocycles. The molecule has 2 aromatic heterocycles. The van der Waals surface area contributed by atoms with Crippen LogP contribution in [-0.2, 0) is 13.0 Å². The van der Waals surface area contributed by atoms with E-state index in [2.05, 4.69) is 25.6 Å². The number of hydrogen-bond donors (Lipinski definition) is 0. The summed E-state index contributed by atoms with van der Waals surface area (Å²) in [5.74, 6) is 0. The van der Waals surface area contributed by atoms with Crippen molar-refractivity contribution < 1.29 is 0 Å². The lowest BCUT2D eigenvalue weighted by Crippen LogP contribution is -2.22. The van der Waals surface area contributed by atoms with Gasteiger partial charge in [-0.25, -0.2) is 4.98 Å². The molecule has 0 aliphatic carbocycles. The Bertz CT molecular complexity index is 1230. The van der Waals surface area contributed by atoms with Crippen LogP contribution < -0.4 is 5.56 Å². The lowest BCUT2D eigenvalue weighted by atomic mass is 10.0. The van der Waals surface area contributed by atoms with Crippen molar-refractivity contribution >= 4 is 44.9 Å². The molecule has 0 aliphatic rings. The summed E-state index contributed by atoms with van der Waals surface area (Å²) in [6.45, 7) is 6.35. The monoisotopic (exact) mass is 452 g/mol. The van der Waals surface area contributed by atoms with E-state index in [1.165, 1.54) is 4.88 Å². The molecule has 4 aromatic rings. The molecule has 30 heavy (non-hydrogen) atoms. The zero-order valence-electron chi connectivity index (χ0n) is 16.5. The number of halogens is 1. The van der Waals surface area contributed by atoms with Crippen LogP contribution >= 0.6 is 34.7 Å². The van der Waals surface area contributed by atoms with Crippen LogP contribution in [-0.4, -0.2) is 9.55 Å². The Morgan fingerprint density at radius 1 is 1.17 bits per heavy atom. The van der Waals surface area contributed by atoms with E-state index in [-0.39, 0.29) is 10.8 Å². The Morgan fingerprint density at radius 3 is 2.53 bits per heavy atom. The number of aryl methyl sites for hydroxylation is 1. The molecule has 0 fully saturated rings. The van der Waals surface area contributed by atoms with Gasteiger partial charge < -0.3 is 0 Å². The zero-order valence-corrected chi connectivity index (χ0v) is 18.9. The van der Waals surface area contributed by atoms with E-state index in [4.69, 9.17) is 16.6 Å². The maximum Gasteiger partial charge on any atom is 0.263 e. The molecule has 2 aromatic carbocycles. The summed E-state index contributed by atoms with van der Waals surface area (Å²) in [5.41, 5.74) is 2.24. The lowest BCUT2D eigenvalue weighted by molar-refractivity contribution is 0.671. The fourth-order valence-corrected chi connectivity index (χ4v) is 5.67. The second-order valence-corrected chi connectivity index (χ2v) is 9.47. The molecule has 1 atom stereocenters. The van der Waals surface area contributed by atoms with E-state index in [0.717, 1.165) is 22.4 Å². The summed E-state index contributed by atoms with van der Waals surface area (Å²) in [6.07, 6.45) is 2.63. The van der Waals surface area contributed by atoms with Gasteiger partial charge in [-0.2, -0.15) is 0 Å². The number of hydrogen-bond acceptors (Lipinski definition) is 4. The largest absolute Gasteiger partial charge is 0.283 e. The maximum atomic E-state index is 13.2. The molecule has 0 saturated heterocycles. The van der Waals surface area contributed by atoms with Crippen molar-refractivity contribution in [2.24, 2.45) is 0 Å². The van der Waals surface area contributed by atoms with Crippen LogP contribution in [0.5, 0.6) is 0 Å². The third-order valence-corrected chi connectivity index (χ3v) is 7.55. The highest BCUT2D eigenvalue weighted by molar-refractivity contribution is 7.99. The first kappa shape index (κ1) is 20.9. The van der Waals surface area contributed by atoms with Crippen LogP contribution in [0.3, 0.4) is 0 Å². The molecule has 6 heteroatoms. The van der Waals surface area contributed by atoms with Gasteiger partial charge in [-0.05, 0) is 35.7 Å². The van der Waals surface area contributed by atoms with Gasteiger partial charge in [0.1, 0.15) is 4.83 Å². The van der Waals surface area contributed by atoms with Gasteiger partial charge in [-0.3, -0.25) is 9.36 Å². The van der Waals surface area contributed by atoms with Gasteiger partial charge in [0.05, 0.1) is 10.6 Å². The average Bonchev–Trinajstić information content (AvgIpc) is 3.19. The molecule has 3 nitrogen and oxygen atoms in total. The van der Waals surface area contributed by atoms with E-state index in [1.807, 2.05) is 48.5 Å². The third-order valence-electron chi connectivity index (χ3n) is 4.83. The van der Waals surface area contributed by atoms with E-state index >= 15 is 0 Å². The molecule has 0 amide bonds. The van der Waals surface area contributed by atoms with Crippen LogP contribution in [0.1, 0.15) is 28.2 Å². The predicted octanol–water partition coefficient (Wildman–Crippen LogP) is 6.74. The number of nitrogens with zero attached hydrogens (tertiary/aromatic N) is 2. The Balaban J connectivity index is 1.86. The topological polar surface area (TPSA) is 34.9 Å². The second kappa shape index (κ2) is 9.21. The van der Waals surface area contributed by atoms with Gasteiger partial charge in [-0.1, -0.05) is 78.8 Å². The Kier molecular flexibility index (Phi) is 6.42. The number of aromatic nitrogens is 2. The van der Waals surface area contributed by atoms with Crippen molar-refractivity contribution in [3.8, 4) is 0 Å². The summed E-state index contributed by atoms with van der Waals surface area (Å²) in [4.78, 5) is 20.1. The SMILES string of the molecule is C=CCn1c(S[C@H](c2ccccc2)c2ccc(Cl)cc2)nc2sc(CC)cc2c1=O. The van der Waals surface area contributed by atoms with Gasteiger partial charge in [0, 0.05) is 16.4 Å². The molecule has 0 aliphatic heterocycles. The molecule has 0 spiro atoms. The average molecular weight is 453 g/mol. The number of allylic oxidation sites excluding steroid dienone is 1. The number of benzene rings is 2. The van der Waals surface area contributed by atoms with Crippen LogP contribution in [0.4, 0.5) is 0 Å². The summed E-state index contributed by atoms with van der Waals surface area (Å²) in [7, 11) is 0. The first-order chi connectivity index (χ1) is 14.6. The lowest BCUT2D eigenvalue weighted by Gasteiger charge is -2.19. The fraction of sp³-hybridized carbons (Fsp3) is 0.167. The number of thioether (sulfide) groups is 1. The van der Waals surface area contributed by atoms with Crippen molar-refractivity contribution in [1.29, 1.82) is 0 Å². The molecule has 0 bridgehead atoms. The van der Waals surface area contributed by atoms with E-state index in [0.29, 0.717) is 22.1 Å². The normalized spacial score (nSPS) is 12.2. The first-order valence-electron chi connectivity index (χ1n) is 9.72. The van der Waals surface area contributed by atoms with Crippen molar-refractivity contribution in [3.63, 3.8) is 0 Å². The summed E-state index contributed by atoms with van der Waals surface area (Å²) >= 11 is 9.29. The van der Waals surface area contributed by atoms with Gasteiger partial charge in [-0.15, -0.1) is 17.9 Å². The number of fused-ring (bicyclic) bond motifs is 1. The number of rotatable bonds is 7. The van der Waals surface area contributed by atoms with Crippen molar-refractivity contribution in [2.75, 3.05) is 0 Å². The second-order valence-electron chi connectivity index (χ2n) is 6.84. The smallest absolute Gasteiger partial charge is 0.263 e. The van der Waals surface area contributed by atoms with Crippen LogP contribution in [0.2, 0.25) is 5.02 Å². The van der Waals surface area contributed by atoms with Gasteiger partial charge in [0.25, 0.3) is 5.56 Å². The minimum Gasteiger partial charge on any atom is -0.283 e. The minimum absolute atomic E-state index is 0.0127. The van der Waals surface area contributed by atoms with Crippen LogP contribution in [0.15, 0.2) is 83.3 Å². The van der Waals surface area contributed by atoms with Gasteiger partial charge in [0.15, 0.2) is 5.16 Å². The predicted molar refractivity (Wildman–Crippen MR) is 129 cm³/mol. The Labute approximate surface area is 189 Å². The highest BCUT2D eigenvalue weighted by Gasteiger charge is 2.21. The Hall–Kier alpha value is -2.34. The molecule has 4 rings (SSSR count). The third kappa shape index (κ3) is 4.24. The van der Waals surface area contributed by atoms with E-state index < -0.39 is 0 Å². The minimum atomic E-state index is -0.0190. The van der Waals surface area contributed by atoms with Crippen molar-refractivity contribution in [3.05, 3.63) is 105 Å². The molecule has 0 N–H and O–H groups in total. The highest BCUT2D eigenvalue weighted by Crippen LogP contribution is 2.40. The molecule has 0 radical (unpaired) electrons. The number of thiophene rings is 1. The Morgan fingerprint density at radius 2 is 1.87 bits per heavy atom. The van der Waals surface area contributed by atoms with Gasteiger partial charge in [0.2, 0.25) is 0 Å². The van der Waals surface area contributed by atoms with Crippen LogP contribution in [0, 0.1) is 0 Å². The quantitative estimate of drug-likeness (QED) is 0.177. The molecule has 2 heterocycles. The van der Waals surface area contributed by atoms with Crippen molar-refractivity contribution in [2.45, 2.75) is 30.3 Å². The first-order valence-corrected chi connectivity index (χ1v) is 11.8. The standard InChI is InChI=1S/C24H21ClN2OS2/c1-3-14-27-23(28)20-15-19(4-2)29-22(20)26-24(27)30-21(16-8-6-5-7-9-16)17-10-12-18(25)13-11-17/h3,5-13,15,21H,1,4,14H2,2H3/t21-/m1/s1. The van der Waals surface area contributed by atoms with E-state index in [1.54, 1.807) is 33.7 Å². The highest BCUT2D eigenvalue weighted by atomic mass is 35.5. The summed E-state index contributed by atoms with van der Waals surface area (Å²) in [6, 6.07) is 20.1. The molecular formula is C24H21ClN2OS2. The fourth-order valence-electron chi connectivity index (χ4n) is 3.30. The maximum absolute atomic E-state index is 13.2. The summed E-state index contributed by atoms with van der Waals surface area (Å²) < 4.78 is 1.72.